The highest BCUT2D eigenvalue weighted by Crippen LogP contribution is 2.40. The fourth-order valence-electron chi connectivity index (χ4n) is 6.58. The number of likely N-dealkylation sites (tertiary alicyclic amines) is 1. The maximum atomic E-state index is 14.0. The fourth-order valence-corrected chi connectivity index (χ4v) is 8.44. The number of carbonyl (C=O) groups excluding carboxylic acids is 1. The number of hydrazone groups is 1. The largest absolute Gasteiger partial charge is 0.321 e. The molecule has 0 aromatic heterocycles. The average molecular weight is 701 g/mol. The van der Waals surface area contributed by atoms with Gasteiger partial charge in [0.05, 0.1) is 16.8 Å². The second kappa shape index (κ2) is 16.8. The number of nitrogens with one attached hydrogen (secondary N) is 1. The molecule has 2 aliphatic heterocycles. The van der Waals surface area contributed by atoms with E-state index in [1.165, 1.54) is 32.1 Å². The van der Waals surface area contributed by atoms with Crippen LogP contribution in [0.2, 0.25) is 15.1 Å². The van der Waals surface area contributed by atoms with Crippen LogP contribution in [0.15, 0.2) is 47.6 Å². The van der Waals surface area contributed by atoms with Gasteiger partial charge in [-0.1, -0.05) is 105 Å². The molecule has 0 bridgehead atoms. The summed E-state index contributed by atoms with van der Waals surface area (Å²) in [4.78, 5) is 14.0. The summed E-state index contributed by atoms with van der Waals surface area (Å²) < 4.78 is 36.1. The number of rotatable bonds is 16. The summed E-state index contributed by atoms with van der Waals surface area (Å²) in [7, 11) is -4.46. The Morgan fingerprint density at radius 2 is 1.53 bits per heavy atom. The Kier molecular flexibility index (Phi) is 13.4. The van der Waals surface area contributed by atoms with Crippen LogP contribution in [0, 0.1) is 0 Å². The number of unbranched alkanes of at least 4 members (excludes halogenated alkanes) is 8. The van der Waals surface area contributed by atoms with Crippen LogP contribution in [0.1, 0.15) is 108 Å². The minimum Gasteiger partial charge on any atom is -0.281 e. The van der Waals surface area contributed by atoms with E-state index in [1.807, 2.05) is 12.1 Å². The normalized spacial score (nSPS) is 18.9. The lowest BCUT2D eigenvalue weighted by molar-refractivity contribution is -0.975. The highest BCUT2D eigenvalue weighted by molar-refractivity contribution is 7.86. The molecule has 2 N–H and O–H groups in total. The van der Waals surface area contributed by atoms with Crippen molar-refractivity contribution in [3.05, 3.63) is 63.1 Å². The number of piperidine rings is 1. The molecule has 2 aliphatic rings. The van der Waals surface area contributed by atoms with Gasteiger partial charge in [-0.05, 0) is 61.6 Å². The lowest BCUT2D eigenvalue weighted by atomic mass is 10.0. The molecule has 1 fully saturated rings. The minimum atomic E-state index is -4.46. The van der Waals surface area contributed by atoms with E-state index in [0.717, 1.165) is 44.1 Å². The molecular weight excluding hydrogens is 655 g/mol. The summed E-state index contributed by atoms with van der Waals surface area (Å²) in [6, 6.07) is 12.1. The van der Waals surface area contributed by atoms with Crippen LogP contribution in [-0.4, -0.2) is 47.6 Å². The molecule has 0 aliphatic carbocycles. The predicted molar refractivity (Wildman–Crippen MR) is 184 cm³/mol. The minimum absolute atomic E-state index is 0.193. The molecule has 2 aromatic rings. The zero-order valence-electron chi connectivity index (χ0n) is 26.1. The van der Waals surface area contributed by atoms with E-state index < -0.39 is 21.4 Å². The summed E-state index contributed by atoms with van der Waals surface area (Å²) in [5.74, 6) is -0.454. The second-order valence-corrected chi connectivity index (χ2v) is 15.2. The zero-order valence-corrected chi connectivity index (χ0v) is 29.1. The van der Waals surface area contributed by atoms with Gasteiger partial charge in [0.1, 0.15) is 18.8 Å². The molecule has 2 aromatic carbocycles. The number of hydrogen-bond acceptors (Lipinski definition) is 5. The SMILES string of the molecule is CCCCCCCCCCCC([N+]1(NC(=O)C2=NN(c3ccc(Cl)cc3Cl)[C@H](c3ccc(Cl)cc3)C2)CCCCC1)S(=O)(=O)O. The zero-order chi connectivity index (χ0) is 32.5. The smallest absolute Gasteiger partial charge is 0.281 e. The number of benzene rings is 2. The number of nitrogens with zero attached hydrogens (tertiary/aromatic N) is 3. The molecule has 8 nitrogen and oxygen atoms in total. The van der Waals surface area contributed by atoms with Crippen molar-refractivity contribution in [3.8, 4) is 0 Å². The van der Waals surface area contributed by atoms with Gasteiger partial charge in [-0.2, -0.15) is 18.9 Å². The standard InChI is InChI=1S/C33H45Cl3N4O4S/c1-2-3-4-5-6-7-8-9-11-14-32(45(42,43)44)40(21-12-10-13-22-40)38-33(41)29-24-31(25-15-17-26(34)18-16-25)39(37-29)30-20-19-27(35)23-28(30)36/h15-20,23,31-32H,2-14,21-22,24H2,1H3,(H-,38,41,42,43,44)/p+1/t31-,32?/m0/s1. The van der Waals surface area contributed by atoms with E-state index >= 15 is 0 Å². The van der Waals surface area contributed by atoms with Crippen molar-refractivity contribution in [2.24, 2.45) is 5.10 Å². The van der Waals surface area contributed by atoms with Gasteiger partial charge in [0, 0.05) is 22.9 Å². The van der Waals surface area contributed by atoms with Gasteiger partial charge >= 0.3 is 16.0 Å². The van der Waals surface area contributed by atoms with E-state index in [2.05, 4.69) is 12.3 Å². The highest BCUT2D eigenvalue weighted by Gasteiger charge is 2.48. The third-order valence-corrected chi connectivity index (χ3v) is 11.1. The Morgan fingerprint density at radius 1 is 0.933 bits per heavy atom. The molecule has 45 heavy (non-hydrogen) atoms. The first kappa shape index (κ1) is 36.0. The number of anilines is 1. The Hall–Kier alpha value is -1.88. The molecular formula is C33H46Cl3N4O4S+. The summed E-state index contributed by atoms with van der Waals surface area (Å²) in [5, 5.41) is 6.75. The van der Waals surface area contributed by atoms with Crippen LogP contribution in [0.25, 0.3) is 0 Å². The molecule has 0 radical (unpaired) electrons. The predicted octanol–water partition coefficient (Wildman–Crippen LogP) is 9.12. The summed E-state index contributed by atoms with van der Waals surface area (Å²) >= 11 is 18.9. The van der Waals surface area contributed by atoms with E-state index in [1.54, 1.807) is 35.3 Å². The molecule has 1 unspecified atom stereocenters. The van der Waals surface area contributed by atoms with Crippen molar-refractivity contribution in [1.29, 1.82) is 0 Å². The molecule has 1 saturated heterocycles. The van der Waals surface area contributed by atoms with Crippen molar-refractivity contribution in [3.63, 3.8) is 0 Å². The monoisotopic (exact) mass is 699 g/mol. The third kappa shape index (κ3) is 9.81. The number of hydrogen-bond donors (Lipinski definition) is 2. The van der Waals surface area contributed by atoms with Crippen LogP contribution in [0.5, 0.6) is 0 Å². The van der Waals surface area contributed by atoms with E-state index in [0.29, 0.717) is 40.3 Å². The summed E-state index contributed by atoms with van der Waals surface area (Å²) in [6.45, 7) is 3.06. The van der Waals surface area contributed by atoms with Gasteiger partial charge in [-0.15, -0.1) is 0 Å². The molecule has 0 spiro atoms. The maximum Gasteiger partial charge on any atom is 0.321 e. The van der Waals surface area contributed by atoms with Gasteiger partial charge in [-0.25, -0.2) is 4.59 Å². The first-order valence-electron chi connectivity index (χ1n) is 16.3. The molecule has 2 atom stereocenters. The van der Waals surface area contributed by atoms with Crippen molar-refractivity contribution in [2.75, 3.05) is 18.1 Å². The lowest BCUT2D eigenvalue weighted by Gasteiger charge is -2.44. The fraction of sp³-hybridized carbons (Fsp3) is 0.576. The van der Waals surface area contributed by atoms with Gasteiger partial charge in [0.15, 0.2) is 0 Å². The van der Waals surface area contributed by atoms with E-state index in [4.69, 9.17) is 39.9 Å². The van der Waals surface area contributed by atoms with Crippen molar-refractivity contribution in [1.82, 2.24) is 5.43 Å². The van der Waals surface area contributed by atoms with Gasteiger partial charge in [-0.3, -0.25) is 14.4 Å². The first-order valence-corrected chi connectivity index (χ1v) is 18.9. The van der Waals surface area contributed by atoms with Crippen molar-refractivity contribution in [2.45, 2.75) is 108 Å². The number of quaternary nitrogens is 1. The first-order chi connectivity index (χ1) is 21.5. The average Bonchev–Trinajstić information content (AvgIpc) is 3.44. The Bertz CT molecular complexity index is 1420. The number of halogens is 3. The summed E-state index contributed by atoms with van der Waals surface area (Å²) in [6.07, 6.45) is 12.9. The van der Waals surface area contributed by atoms with Crippen LogP contribution >= 0.6 is 34.8 Å². The molecule has 12 heteroatoms. The lowest BCUT2D eigenvalue weighted by Crippen LogP contribution is -2.69. The molecule has 248 valence electrons. The maximum absolute atomic E-state index is 14.0. The van der Waals surface area contributed by atoms with E-state index in [9.17, 15) is 17.8 Å². The van der Waals surface area contributed by atoms with Gasteiger partial charge in [0.2, 0.25) is 5.37 Å². The molecule has 2 heterocycles. The van der Waals surface area contributed by atoms with E-state index in [-0.39, 0.29) is 29.2 Å². The highest BCUT2D eigenvalue weighted by atomic mass is 35.5. The molecule has 4 rings (SSSR count). The third-order valence-electron chi connectivity index (χ3n) is 8.97. The van der Waals surface area contributed by atoms with Crippen molar-refractivity contribution >= 4 is 62.2 Å². The van der Waals surface area contributed by atoms with Crippen molar-refractivity contribution < 1.29 is 22.4 Å². The topological polar surface area (TPSA) is 99.1 Å². The van der Waals surface area contributed by atoms with Gasteiger partial charge < -0.3 is 0 Å². The van der Waals surface area contributed by atoms with Crippen LogP contribution in [0.3, 0.4) is 0 Å². The second-order valence-electron chi connectivity index (χ2n) is 12.3. The van der Waals surface area contributed by atoms with Crippen LogP contribution in [0.4, 0.5) is 5.69 Å². The number of amides is 1. The van der Waals surface area contributed by atoms with Crippen LogP contribution in [-0.2, 0) is 14.9 Å². The number of carbonyl (C=O) groups is 1. The Labute approximate surface area is 283 Å². The Balaban J connectivity index is 1.53. The molecule has 0 saturated carbocycles. The quantitative estimate of drug-likeness (QED) is 0.103. The Morgan fingerprint density at radius 3 is 2.13 bits per heavy atom. The summed E-state index contributed by atoms with van der Waals surface area (Å²) in [5.41, 5.74) is 4.80. The van der Waals surface area contributed by atoms with Crippen LogP contribution < -0.4 is 10.4 Å². The van der Waals surface area contributed by atoms with Gasteiger partial charge in [0.25, 0.3) is 0 Å². The molecule has 1 amide bonds.